The molecule has 1 aromatic heterocycles. The van der Waals surface area contributed by atoms with Crippen molar-refractivity contribution >= 4 is 11.3 Å². The maximum Gasteiger partial charge on any atom is 0.0673 e. The van der Waals surface area contributed by atoms with Gasteiger partial charge in [0.1, 0.15) is 0 Å². The van der Waals surface area contributed by atoms with Crippen LogP contribution in [0.2, 0.25) is 0 Å². The summed E-state index contributed by atoms with van der Waals surface area (Å²) in [5.41, 5.74) is 4.35. The van der Waals surface area contributed by atoms with Crippen molar-refractivity contribution < 1.29 is 0 Å². The minimum Gasteiger partial charge on any atom is -0.306 e. The van der Waals surface area contributed by atoms with Crippen molar-refractivity contribution in [2.75, 3.05) is 6.54 Å². The molecule has 1 atom stereocenters. The van der Waals surface area contributed by atoms with Gasteiger partial charge in [-0.3, -0.25) is 0 Å². The highest BCUT2D eigenvalue weighted by atomic mass is 32.1. The molecular formula is C19H27NS. The fourth-order valence-corrected chi connectivity index (χ4v) is 3.53. The summed E-state index contributed by atoms with van der Waals surface area (Å²) in [4.78, 5) is 1.44. The summed E-state index contributed by atoms with van der Waals surface area (Å²) in [6, 6.07) is 11.7. The highest BCUT2D eigenvalue weighted by molar-refractivity contribution is 7.10. The van der Waals surface area contributed by atoms with Crippen molar-refractivity contribution in [3.63, 3.8) is 0 Å². The fourth-order valence-electron chi connectivity index (χ4n) is 2.51. The summed E-state index contributed by atoms with van der Waals surface area (Å²) in [5, 5.41) is 5.89. The van der Waals surface area contributed by atoms with Crippen LogP contribution in [0.5, 0.6) is 0 Å². The van der Waals surface area contributed by atoms with Gasteiger partial charge in [0.25, 0.3) is 0 Å². The second kappa shape index (κ2) is 6.76. The minimum atomic E-state index is 0.212. The van der Waals surface area contributed by atoms with Gasteiger partial charge in [-0.25, -0.2) is 0 Å². The number of hydrogen-bond acceptors (Lipinski definition) is 2. The zero-order valence-electron chi connectivity index (χ0n) is 13.9. The molecule has 1 N–H and O–H groups in total. The summed E-state index contributed by atoms with van der Waals surface area (Å²) in [7, 11) is 0. The molecule has 0 saturated heterocycles. The quantitative estimate of drug-likeness (QED) is 0.775. The van der Waals surface area contributed by atoms with Gasteiger partial charge in [0, 0.05) is 4.88 Å². The van der Waals surface area contributed by atoms with Crippen LogP contribution in [0, 0.1) is 6.92 Å². The summed E-state index contributed by atoms with van der Waals surface area (Å²) in [6.07, 6.45) is 1.15. The second-order valence-corrected chi connectivity index (χ2v) is 7.67. The number of rotatable bonds is 5. The molecule has 0 spiro atoms. The first kappa shape index (κ1) is 16.3. The van der Waals surface area contributed by atoms with E-state index >= 15 is 0 Å². The molecular weight excluding hydrogens is 274 g/mol. The van der Waals surface area contributed by atoms with E-state index in [0.717, 1.165) is 13.0 Å². The molecule has 0 bridgehead atoms. The van der Waals surface area contributed by atoms with Gasteiger partial charge in [0.2, 0.25) is 0 Å². The number of thiophene rings is 1. The van der Waals surface area contributed by atoms with Gasteiger partial charge in [-0.1, -0.05) is 52.0 Å². The molecule has 1 unspecified atom stereocenters. The third-order valence-corrected chi connectivity index (χ3v) is 4.96. The summed E-state index contributed by atoms with van der Waals surface area (Å²) >= 11 is 1.85. The standard InChI is InChI=1S/C19H27NS/c1-6-12-20-17(18-14(2)11-13-21-18)15-7-9-16(10-8-15)19(3,4)5/h7-11,13,17,20H,6,12H2,1-5H3. The lowest BCUT2D eigenvalue weighted by Gasteiger charge is -2.22. The van der Waals surface area contributed by atoms with Crippen molar-refractivity contribution in [2.24, 2.45) is 0 Å². The Balaban J connectivity index is 2.31. The molecule has 0 radical (unpaired) electrons. The van der Waals surface area contributed by atoms with Crippen molar-refractivity contribution in [1.29, 1.82) is 0 Å². The molecule has 114 valence electrons. The van der Waals surface area contributed by atoms with Gasteiger partial charge in [0.15, 0.2) is 0 Å². The largest absolute Gasteiger partial charge is 0.306 e. The monoisotopic (exact) mass is 301 g/mol. The molecule has 1 nitrogen and oxygen atoms in total. The predicted molar refractivity (Wildman–Crippen MR) is 94.3 cm³/mol. The van der Waals surface area contributed by atoms with Gasteiger partial charge in [-0.05, 0) is 53.4 Å². The van der Waals surface area contributed by atoms with E-state index in [9.17, 15) is 0 Å². The maximum absolute atomic E-state index is 3.70. The molecule has 0 aliphatic carbocycles. The van der Waals surface area contributed by atoms with Crippen LogP contribution in [0.15, 0.2) is 35.7 Å². The highest BCUT2D eigenvalue weighted by Gasteiger charge is 2.18. The molecule has 0 saturated carbocycles. The van der Waals surface area contributed by atoms with Crippen LogP contribution in [0.1, 0.15) is 61.7 Å². The smallest absolute Gasteiger partial charge is 0.0673 e. The van der Waals surface area contributed by atoms with E-state index in [1.54, 1.807) is 0 Å². The van der Waals surface area contributed by atoms with Crippen LogP contribution < -0.4 is 5.32 Å². The number of nitrogens with one attached hydrogen (secondary N) is 1. The van der Waals surface area contributed by atoms with Crippen LogP contribution in [0.3, 0.4) is 0 Å². The highest BCUT2D eigenvalue weighted by Crippen LogP contribution is 2.31. The van der Waals surface area contributed by atoms with Gasteiger partial charge in [-0.15, -0.1) is 11.3 Å². The molecule has 0 aliphatic heterocycles. The first-order chi connectivity index (χ1) is 9.93. The van der Waals surface area contributed by atoms with E-state index in [2.05, 4.69) is 75.6 Å². The van der Waals surface area contributed by atoms with Gasteiger partial charge >= 0.3 is 0 Å². The topological polar surface area (TPSA) is 12.0 Å². The van der Waals surface area contributed by atoms with E-state index in [-0.39, 0.29) is 5.41 Å². The molecule has 2 heteroatoms. The van der Waals surface area contributed by atoms with E-state index in [0.29, 0.717) is 6.04 Å². The molecule has 0 fully saturated rings. The van der Waals surface area contributed by atoms with E-state index in [1.807, 2.05) is 11.3 Å². The molecule has 0 amide bonds. The molecule has 0 aliphatic rings. The van der Waals surface area contributed by atoms with Crippen LogP contribution in [0.4, 0.5) is 0 Å². The summed E-state index contributed by atoms with van der Waals surface area (Å²) in [5.74, 6) is 0. The van der Waals surface area contributed by atoms with E-state index in [4.69, 9.17) is 0 Å². The first-order valence-electron chi connectivity index (χ1n) is 7.81. The van der Waals surface area contributed by atoms with Crippen molar-refractivity contribution in [3.8, 4) is 0 Å². The molecule has 1 aromatic carbocycles. The maximum atomic E-state index is 3.70. The lowest BCUT2D eigenvalue weighted by molar-refractivity contribution is 0.585. The Kier molecular flexibility index (Phi) is 5.23. The van der Waals surface area contributed by atoms with Crippen LogP contribution in [0.25, 0.3) is 0 Å². The molecule has 2 aromatic rings. The van der Waals surface area contributed by atoms with E-state index < -0.39 is 0 Å². The first-order valence-corrected chi connectivity index (χ1v) is 8.69. The minimum absolute atomic E-state index is 0.212. The van der Waals surface area contributed by atoms with Crippen LogP contribution in [-0.4, -0.2) is 6.54 Å². The number of benzene rings is 1. The van der Waals surface area contributed by atoms with Crippen molar-refractivity contribution in [1.82, 2.24) is 5.32 Å². The number of aryl methyl sites for hydroxylation is 1. The second-order valence-electron chi connectivity index (χ2n) is 6.73. The summed E-state index contributed by atoms with van der Waals surface area (Å²) < 4.78 is 0. The van der Waals surface area contributed by atoms with E-state index in [1.165, 1.54) is 21.6 Å². The Morgan fingerprint density at radius 1 is 1.10 bits per heavy atom. The predicted octanol–water partition coefficient (Wildman–Crippen LogP) is 5.44. The Morgan fingerprint density at radius 3 is 2.24 bits per heavy atom. The Bertz CT molecular complexity index is 560. The van der Waals surface area contributed by atoms with Gasteiger partial charge < -0.3 is 5.32 Å². The molecule has 2 rings (SSSR count). The Labute approximate surface area is 133 Å². The lowest BCUT2D eigenvalue weighted by atomic mass is 9.86. The Morgan fingerprint density at radius 2 is 1.76 bits per heavy atom. The van der Waals surface area contributed by atoms with Crippen molar-refractivity contribution in [3.05, 3.63) is 57.3 Å². The molecule has 21 heavy (non-hydrogen) atoms. The van der Waals surface area contributed by atoms with Gasteiger partial charge in [0.05, 0.1) is 6.04 Å². The van der Waals surface area contributed by atoms with Gasteiger partial charge in [-0.2, -0.15) is 0 Å². The normalized spacial score (nSPS) is 13.4. The SMILES string of the molecule is CCCNC(c1ccc(C(C)(C)C)cc1)c1sccc1C. The Hall–Kier alpha value is -1.12. The van der Waals surface area contributed by atoms with Crippen molar-refractivity contribution in [2.45, 2.75) is 52.5 Å². The third-order valence-electron chi connectivity index (χ3n) is 3.87. The van der Waals surface area contributed by atoms with Crippen LogP contribution in [-0.2, 0) is 5.41 Å². The number of hydrogen-bond donors (Lipinski definition) is 1. The zero-order chi connectivity index (χ0) is 15.5. The van der Waals surface area contributed by atoms with Crippen LogP contribution >= 0.6 is 11.3 Å². The summed E-state index contributed by atoms with van der Waals surface area (Å²) in [6.45, 7) is 12.3. The third kappa shape index (κ3) is 3.96. The fraction of sp³-hybridized carbons (Fsp3) is 0.474. The zero-order valence-corrected chi connectivity index (χ0v) is 14.7. The lowest BCUT2D eigenvalue weighted by Crippen LogP contribution is -2.23. The average Bonchev–Trinajstić information content (AvgIpc) is 2.85. The molecule has 1 heterocycles. The average molecular weight is 301 g/mol.